The number of amidine groups is 1. The quantitative estimate of drug-likeness (QED) is 0.474. The number of methoxy groups -OCH3 is 1. The highest BCUT2D eigenvalue weighted by Crippen LogP contribution is 2.29. The highest BCUT2D eigenvalue weighted by Gasteiger charge is 2.32. The minimum atomic E-state index is -1.04. The van der Waals surface area contributed by atoms with Crippen LogP contribution in [0, 0.1) is 0 Å². The molecule has 3 rings (SSSR count). The number of carboxylic acid groups (broad SMARTS) is 1. The van der Waals surface area contributed by atoms with E-state index >= 15 is 0 Å². The van der Waals surface area contributed by atoms with Crippen LogP contribution in [-0.2, 0) is 16.2 Å². The molecule has 0 unspecified atom stereocenters. The number of hydrogen-bond acceptors (Lipinski definition) is 7. The van der Waals surface area contributed by atoms with E-state index in [1.165, 1.54) is 13.3 Å². The van der Waals surface area contributed by atoms with Gasteiger partial charge in [0.05, 0.1) is 19.7 Å². The average Bonchev–Trinajstić information content (AvgIpc) is 3.05. The molecule has 0 saturated carbocycles. The molecule has 156 valence electrons. The lowest BCUT2D eigenvalue weighted by Crippen LogP contribution is -2.26. The van der Waals surface area contributed by atoms with Gasteiger partial charge in [-0.15, -0.1) is 5.10 Å². The van der Waals surface area contributed by atoms with Crippen molar-refractivity contribution in [3.63, 3.8) is 0 Å². The van der Waals surface area contributed by atoms with Crippen molar-refractivity contribution in [3.8, 4) is 11.5 Å². The number of rotatable bonds is 8. The van der Waals surface area contributed by atoms with Gasteiger partial charge in [0.15, 0.2) is 16.7 Å². The summed E-state index contributed by atoms with van der Waals surface area (Å²) in [5.41, 5.74) is 1.64. The van der Waals surface area contributed by atoms with Crippen LogP contribution in [0.4, 0.5) is 0 Å². The molecular weight excluding hydrogens is 430 g/mol. The third kappa shape index (κ3) is 5.98. The molecule has 1 fully saturated rings. The van der Waals surface area contributed by atoms with Crippen LogP contribution in [0.3, 0.4) is 0 Å². The summed E-state index contributed by atoms with van der Waals surface area (Å²) >= 11 is 7.02. The maximum atomic E-state index is 11.7. The minimum absolute atomic E-state index is 0.260. The molecule has 2 N–H and O–H groups in total. The molecule has 1 aliphatic rings. The number of carboxylic acids is 1. The molecule has 0 aliphatic carbocycles. The maximum Gasteiger partial charge on any atom is 0.305 e. The highest BCUT2D eigenvalue weighted by atomic mass is 35.5. The molecule has 8 nitrogen and oxygen atoms in total. The first-order valence-corrected chi connectivity index (χ1v) is 10.1. The van der Waals surface area contributed by atoms with Crippen LogP contribution in [0.15, 0.2) is 52.7 Å². The lowest BCUT2D eigenvalue weighted by molar-refractivity contribution is -0.138. The lowest BCUT2D eigenvalue weighted by Gasteiger charge is -2.11. The number of carbonyl (C=O) groups is 2. The van der Waals surface area contributed by atoms with Crippen LogP contribution >= 0.6 is 23.4 Å². The lowest BCUT2D eigenvalue weighted by atomic mass is 10.2. The van der Waals surface area contributed by atoms with Gasteiger partial charge in [0.2, 0.25) is 5.91 Å². The molecule has 2 aromatic rings. The number of carbonyl (C=O) groups excluding carboxylic acids is 1. The van der Waals surface area contributed by atoms with Gasteiger partial charge in [0, 0.05) is 5.02 Å². The molecule has 0 spiro atoms. The van der Waals surface area contributed by atoms with Crippen LogP contribution in [0.25, 0.3) is 0 Å². The molecule has 0 radical (unpaired) electrons. The van der Waals surface area contributed by atoms with E-state index in [1.807, 2.05) is 18.2 Å². The van der Waals surface area contributed by atoms with Crippen molar-refractivity contribution in [2.75, 3.05) is 7.11 Å². The second kappa shape index (κ2) is 10.1. The van der Waals surface area contributed by atoms with E-state index in [9.17, 15) is 9.59 Å². The summed E-state index contributed by atoms with van der Waals surface area (Å²) in [5, 5.41) is 19.4. The van der Waals surface area contributed by atoms with Gasteiger partial charge in [-0.3, -0.25) is 9.59 Å². The molecule has 1 heterocycles. The SMILES string of the molecule is COc1cc(/C=N\N=C2\NC(=O)[C@@H](CC(=O)O)S2)ccc1OCc1cccc(Cl)c1. The second-order valence-corrected chi connectivity index (χ2v) is 7.80. The number of nitrogens with one attached hydrogen (secondary N) is 1. The number of benzene rings is 2. The number of thioether (sulfide) groups is 1. The summed E-state index contributed by atoms with van der Waals surface area (Å²) < 4.78 is 11.2. The first-order chi connectivity index (χ1) is 14.4. The molecule has 1 saturated heterocycles. The Kier molecular flexibility index (Phi) is 7.31. The Morgan fingerprint density at radius 3 is 2.87 bits per heavy atom. The van der Waals surface area contributed by atoms with Gasteiger partial charge >= 0.3 is 5.97 Å². The number of halogens is 1. The topological polar surface area (TPSA) is 110 Å². The van der Waals surface area contributed by atoms with Crippen molar-refractivity contribution in [2.45, 2.75) is 18.3 Å². The predicted molar refractivity (Wildman–Crippen MR) is 116 cm³/mol. The van der Waals surface area contributed by atoms with Crippen LogP contribution in [-0.4, -0.2) is 40.7 Å². The fourth-order valence-electron chi connectivity index (χ4n) is 2.56. The molecule has 1 atom stereocenters. The largest absolute Gasteiger partial charge is 0.493 e. The zero-order valence-electron chi connectivity index (χ0n) is 15.9. The normalized spacial score (nSPS) is 17.3. The summed E-state index contributed by atoms with van der Waals surface area (Å²) in [4.78, 5) is 22.4. The zero-order valence-corrected chi connectivity index (χ0v) is 17.4. The van der Waals surface area contributed by atoms with E-state index in [0.29, 0.717) is 28.7 Å². The van der Waals surface area contributed by atoms with E-state index in [4.69, 9.17) is 26.2 Å². The van der Waals surface area contributed by atoms with E-state index in [-0.39, 0.29) is 17.5 Å². The monoisotopic (exact) mass is 447 g/mol. The van der Waals surface area contributed by atoms with Gasteiger partial charge in [-0.05, 0) is 41.5 Å². The van der Waals surface area contributed by atoms with Crippen molar-refractivity contribution in [2.24, 2.45) is 10.2 Å². The summed E-state index contributed by atoms with van der Waals surface area (Å²) in [6, 6.07) is 12.7. The Morgan fingerprint density at radius 2 is 2.13 bits per heavy atom. The molecule has 1 amide bonds. The van der Waals surface area contributed by atoms with Gasteiger partial charge in [-0.1, -0.05) is 35.5 Å². The van der Waals surface area contributed by atoms with E-state index in [0.717, 1.165) is 17.3 Å². The number of ether oxygens (including phenoxy) is 2. The third-order valence-corrected chi connectivity index (χ3v) is 5.27. The Labute approximate surface area is 181 Å². The molecular formula is C20H18ClN3O5S. The predicted octanol–water partition coefficient (Wildman–Crippen LogP) is 3.32. The number of hydrogen-bond donors (Lipinski definition) is 2. The highest BCUT2D eigenvalue weighted by molar-refractivity contribution is 8.15. The fraction of sp³-hybridized carbons (Fsp3) is 0.200. The number of amides is 1. The summed E-state index contributed by atoms with van der Waals surface area (Å²) in [5.74, 6) is -0.342. The van der Waals surface area contributed by atoms with Gasteiger partial charge in [0.25, 0.3) is 0 Å². The molecule has 30 heavy (non-hydrogen) atoms. The Morgan fingerprint density at radius 1 is 1.30 bits per heavy atom. The van der Waals surface area contributed by atoms with Crippen molar-refractivity contribution >= 4 is 46.6 Å². The van der Waals surface area contributed by atoms with Crippen LogP contribution in [0.5, 0.6) is 11.5 Å². The van der Waals surface area contributed by atoms with Gasteiger partial charge < -0.3 is 19.9 Å². The summed E-state index contributed by atoms with van der Waals surface area (Å²) in [6.45, 7) is 0.340. The zero-order chi connectivity index (χ0) is 21.5. The van der Waals surface area contributed by atoms with Crippen LogP contribution in [0.2, 0.25) is 5.02 Å². The molecule has 0 aromatic heterocycles. The smallest absolute Gasteiger partial charge is 0.305 e. The van der Waals surface area contributed by atoms with Crippen LogP contribution < -0.4 is 14.8 Å². The Balaban J connectivity index is 1.63. The third-order valence-electron chi connectivity index (χ3n) is 3.96. The Hall–Kier alpha value is -3.04. The van der Waals surface area contributed by atoms with E-state index < -0.39 is 11.2 Å². The molecule has 0 bridgehead atoms. The first kappa shape index (κ1) is 21.7. The average molecular weight is 448 g/mol. The van der Waals surface area contributed by atoms with Crippen molar-refractivity contribution in [1.82, 2.24) is 5.32 Å². The van der Waals surface area contributed by atoms with Crippen molar-refractivity contribution in [1.29, 1.82) is 0 Å². The van der Waals surface area contributed by atoms with Crippen LogP contribution in [0.1, 0.15) is 17.5 Å². The van der Waals surface area contributed by atoms with Crippen molar-refractivity contribution < 1.29 is 24.2 Å². The van der Waals surface area contributed by atoms with Crippen molar-refractivity contribution in [3.05, 3.63) is 58.6 Å². The minimum Gasteiger partial charge on any atom is -0.493 e. The number of aliphatic carboxylic acids is 1. The molecule has 10 heteroatoms. The Bertz CT molecular complexity index is 1010. The number of nitrogens with zero attached hydrogens (tertiary/aromatic N) is 2. The summed E-state index contributed by atoms with van der Waals surface area (Å²) in [7, 11) is 1.54. The van der Waals surface area contributed by atoms with E-state index in [2.05, 4.69) is 15.5 Å². The maximum absolute atomic E-state index is 11.7. The first-order valence-electron chi connectivity index (χ1n) is 8.80. The fourth-order valence-corrected chi connectivity index (χ4v) is 3.69. The standard InChI is InChI=1S/C20H18ClN3O5S/c1-28-16-8-12(5-6-15(16)29-11-13-3-2-4-14(21)7-13)10-22-24-20-23-19(27)17(30-20)9-18(25)26/h2-8,10,17H,9,11H2,1H3,(H,25,26)(H,23,24,27)/b22-10-/t17-/m1/s1. The van der Waals surface area contributed by atoms with Gasteiger partial charge in [-0.25, -0.2) is 0 Å². The molecule has 2 aromatic carbocycles. The van der Waals surface area contributed by atoms with Gasteiger partial charge in [0.1, 0.15) is 11.9 Å². The summed E-state index contributed by atoms with van der Waals surface area (Å²) in [6.07, 6.45) is 1.22. The second-order valence-electron chi connectivity index (χ2n) is 6.17. The van der Waals surface area contributed by atoms with E-state index in [1.54, 1.807) is 24.3 Å². The van der Waals surface area contributed by atoms with Gasteiger partial charge in [-0.2, -0.15) is 5.10 Å². The molecule has 1 aliphatic heterocycles.